The highest BCUT2D eigenvalue weighted by Crippen LogP contribution is 2.12. The summed E-state index contributed by atoms with van der Waals surface area (Å²) in [6.07, 6.45) is 3.55. The second-order valence-corrected chi connectivity index (χ2v) is 3.82. The molecular weight excluding hydrogens is 234 g/mol. The van der Waals surface area contributed by atoms with Crippen LogP contribution in [0.3, 0.4) is 0 Å². The molecule has 0 fully saturated rings. The number of furan rings is 1. The minimum Gasteiger partial charge on any atom is -0.461 e. The predicted octanol–water partition coefficient (Wildman–Crippen LogP) is 0.849. The zero-order valence-corrected chi connectivity index (χ0v) is 10.2. The van der Waals surface area contributed by atoms with Gasteiger partial charge < -0.3 is 9.73 Å². The van der Waals surface area contributed by atoms with E-state index < -0.39 is 0 Å². The Morgan fingerprint density at radius 3 is 3.17 bits per heavy atom. The summed E-state index contributed by atoms with van der Waals surface area (Å²) < 4.78 is 5.14. The molecule has 0 radical (unpaired) electrons. The fraction of sp³-hybridized carbons (Fsp3) is 0.455. The highest BCUT2D eigenvalue weighted by molar-refractivity contribution is 5.75. The third-order valence-electron chi connectivity index (χ3n) is 2.33. The van der Waals surface area contributed by atoms with Gasteiger partial charge in [-0.2, -0.15) is 4.80 Å². The Bertz CT molecular complexity index is 491. The van der Waals surface area contributed by atoms with Gasteiger partial charge in [0.1, 0.15) is 6.54 Å². The van der Waals surface area contributed by atoms with Gasteiger partial charge in [0.25, 0.3) is 0 Å². The van der Waals surface area contributed by atoms with Crippen molar-refractivity contribution >= 4 is 5.91 Å². The highest BCUT2D eigenvalue weighted by atomic mass is 16.3. The van der Waals surface area contributed by atoms with E-state index in [1.54, 1.807) is 12.1 Å². The van der Waals surface area contributed by atoms with E-state index in [2.05, 4.69) is 27.7 Å². The van der Waals surface area contributed by atoms with E-state index in [1.807, 2.05) is 0 Å². The fourth-order valence-electron chi connectivity index (χ4n) is 1.40. The van der Waals surface area contributed by atoms with Gasteiger partial charge in [0.2, 0.25) is 11.7 Å². The van der Waals surface area contributed by atoms with E-state index >= 15 is 0 Å². The number of tetrazole rings is 1. The maximum atomic E-state index is 11.5. The zero-order chi connectivity index (χ0) is 12.8. The minimum absolute atomic E-state index is 0.0669. The summed E-state index contributed by atoms with van der Waals surface area (Å²) in [4.78, 5) is 12.8. The molecule has 2 rings (SSSR count). The van der Waals surface area contributed by atoms with Crippen molar-refractivity contribution < 1.29 is 9.21 Å². The van der Waals surface area contributed by atoms with Crippen molar-refractivity contribution in [3.63, 3.8) is 0 Å². The molecule has 18 heavy (non-hydrogen) atoms. The molecule has 0 aliphatic heterocycles. The molecule has 0 saturated carbocycles. The van der Waals surface area contributed by atoms with Gasteiger partial charge >= 0.3 is 0 Å². The van der Waals surface area contributed by atoms with E-state index in [-0.39, 0.29) is 12.5 Å². The number of rotatable bonds is 6. The summed E-state index contributed by atoms with van der Waals surface area (Å²) in [7, 11) is 0. The predicted molar refractivity (Wildman–Crippen MR) is 63.4 cm³/mol. The lowest BCUT2D eigenvalue weighted by molar-refractivity contribution is -0.122. The summed E-state index contributed by atoms with van der Waals surface area (Å²) in [6.45, 7) is 2.81. The number of carbonyl (C=O) groups is 1. The summed E-state index contributed by atoms with van der Waals surface area (Å²) in [5, 5.41) is 14.5. The van der Waals surface area contributed by atoms with Gasteiger partial charge in [0, 0.05) is 6.54 Å². The number of hydrogen-bond acceptors (Lipinski definition) is 5. The summed E-state index contributed by atoms with van der Waals surface area (Å²) in [5.74, 6) is 0.792. The van der Waals surface area contributed by atoms with Crippen LogP contribution in [0.25, 0.3) is 11.6 Å². The van der Waals surface area contributed by atoms with E-state index in [0.717, 1.165) is 12.8 Å². The van der Waals surface area contributed by atoms with Gasteiger partial charge in [-0.05, 0) is 23.8 Å². The van der Waals surface area contributed by atoms with Gasteiger partial charge in [0.15, 0.2) is 5.76 Å². The lowest BCUT2D eigenvalue weighted by Gasteiger charge is -2.02. The number of nitrogens with zero attached hydrogens (tertiary/aromatic N) is 4. The molecule has 2 aromatic rings. The van der Waals surface area contributed by atoms with Crippen molar-refractivity contribution in [3.05, 3.63) is 18.4 Å². The van der Waals surface area contributed by atoms with Crippen LogP contribution in [0.4, 0.5) is 0 Å². The third-order valence-corrected chi connectivity index (χ3v) is 2.33. The summed E-state index contributed by atoms with van der Waals surface area (Å²) >= 11 is 0. The fourth-order valence-corrected chi connectivity index (χ4v) is 1.40. The Morgan fingerprint density at radius 2 is 2.44 bits per heavy atom. The minimum atomic E-state index is -0.119. The van der Waals surface area contributed by atoms with E-state index in [1.165, 1.54) is 11.1 Å². The average Bonchev–Trinajstić information content (AvgIpc) is 2.98. The molecule has 0 unspecified atom stereocenters. The normalized spacial score (nSPS) is 10.5. The number of aromatic nitrogens is 4. The van der Waals surface area contributed by atoms with Crippen LogP contribution in [-0.2, 0) is 11.3 Å². The molecule has 0 aliphatic carbocycles. The Hall–Kier alpha value is -2.18. The monoisotopic (exact) mass is 249 g/mol. The lowest BCUT2D eigenvalue weighted by Crippen LogP contribution is -2.29. The van der Waals surface area contributed by atoms with Crippen molar-refractivity contribution in [3.8, 4) is 11.6 Å². The molecule has 0 aliphatic rings. The quantitative estimate of drug-likeness (QED) is 0.767. The number of carbonyl (C=O) groups excluding carboxylic acids is 1. The van der Waals surface area contributed by atoms with Crippen molar-refractivity contribution in [2.45, 2.75) is 26.3 Å². The van der Waals surface area contributed by atoms with Crippen LogP contribution in [0.5, 0.6) is 0 Å². The lowest BCUT2D eigenvalue weighted by atomic mass is 10.3. The smallest absolute Gasteiger partial charge is 0.243 e. The van der Waals surface area contributed by atoms with Gasteiger partial charge in [-0.1, -0.05) is 13.3 Å². The first-order valence-electron chi connectivity index (χ1n) is 5.88. The number of hydrogen-bond donors (Lipinski definition) is 1. The topological polar surface area (TPSA) is 85.8 Å². The van der Waals surface area contributed by atoms with Crippen LogP contribution in [0.1, 0.15) is 19.8 Å². The van der Waals surface area contributed by atoms with Crippen molar-refractivity contribution in [1.82, 2.24) is 25.5 Å². The summed E-state index contributed by atoms with van der Waals surface area (Å²) in [6, 6.07) is 3.48. The average molecular weight is 249 g/mol. The molecule has 2 heterocycles. The first-order valence-corrected chi connectivity index (χ1v) is 5.88. The van der Waals surface area contributed by atoms with Gasteiger partial charge in [0.05, 0.1) is 6.26 Å². The van der Waals surface area contributed by atoms with E-state index in [4.69, 9.17) is 4.42 Å². The second kappa shape index (κ2) is 5.95. The number of amides is 1. The molecule has 7 nitrogen and oxygen atoms in total. The van der Waals surface area contributed by atoms with Crippen molar-refractivity contribution in [1.29, 1.82) is 0 Å². The summed E-state index contributed by atoms with van der Waals surface area (Å²) in [5.41, 5.74) is 0. The van der Waals surface area contributed by atoms with Crippen LogP contribution in [0, 0.1) is 0 Å². The largest absolute Gasteiger partial charge is 0.461 e. The van der Waals surface area contributed by atoms with Crippen LogP contribution in [0.2, 0.25) is 0 Å². The van der Waals surface area contributed by atoms with E-state index in [0.29, 0.717) is 18.1 Å². The Balaban J connectivity index is 1.89. The first kappa shape index (κ1) is 12.3. The van der Waals surface area contributed by atoms with E-state index in [9.17, 15) is 4.79 Å². The van der Waals surface area contributed by atoms with Crippen LogP contribution in [-0.4, -0.2) is 32.7 Å². The number of nitrogens with one attached hydrogen (secondary N) is 1. The van der Waals surface area contributed by atoms with Crippen LogP contribution < -0.4 is 5.32 Å². The van der Waals surface area contributed by atoms with Crippen molar-refractivity contribution in [2.24, 2.45) is 0 Å². The Labute approximate surface area is 104 Å². The molecular formula is C11H15N5O2. The standard InChI is InChI=1S/C11H15N5O2/c1-2-3-6-12-10(17)8-16-14-11(13-15-16)9-5-4-7-18-9/h4-5,7H,2-3,6,8H2,1H3,(H,12,17). The molecule has 0 spiro atoms. The Morgan fingerprint density at radius 1 is 1.56 bits per heavy atom. The second-order valence-electron chi connectivity index (χ2n) is 3.82. The Kier molecular flexibility index (Phi) is 4.06. The maximum Gasteiger partial charge on any atom is 0.243 e. The molecule has 1 N–H and O–H groups in total. The molecule has 2 aromatic heterocycles. The van der Waals surface area contributed by atoms with Crippen LogP contribution in [0.15, 0.2) is 22.8 Å². The highest BCUT2D eigenvalue weighted by Gasteiger charge is 2.10. The first-order chi connectivity index (χ1) is 8.79. The molecule has 0 saturated heterocycles. The molecule has 0 atom stereocenters. The molecule has 96 valence electrons. The van der Waals surface area contributed by atoms with Gasteiger partial charge in [-0.15, -0.1) is 10.2 Å². The molecule has 0 aromatic carbocycles. The van der Waals surface area contributed by atoms with Crippen LogP contribution >= 0.6 is 0 Å². The third kappa shape index (κ3) is 3.16. The molecule has 1 amide bonds. The van der Waals surface area contributed by atoms with Crippen molar-refractivity contribution in [2.75, 3.05) is 6.54 Å². The van der Waals surface area contributed by atoms with Gasteiger partial charge in [-0.3, -0.25) is 4.79 Å². The van der Waals surface area contributed by atoms with Gasteiger partial charge in [-0.25, -0.2) is 0 Å². The molecule has 0 bridgehead atoms. The zero-order valence-electron chi connectivity index (χ0n) is 10.2. The molecule has 7 heteroatoms. The maximum absolute atomic E-state index is 11.5. The number of unbranched alkanes of at least 4 members (excludes halogenated alkanes) is 1. The SMILES string of the molecule is CCCCNC(=O)Cn1nnc(-c2ccco2)n1.